The maximum Gasteiger partial charge on any atom is 0.437 e. The van der Waals surface area contributed by atoms with Crippen LogP contribution in [0, 0.1) is 16.7 Å². The molecule has 1 aliphatic rings. The van der Waals surface area contributed by atoms with Crippen molar-refractivity contribution in [1.29, 1.82) is 0 Å². The zero-order valence-corrected chi connectivity index (χ0v) is 16.1. The maximum absolute atomic E-state index is 14.6. The molecular formula is C17H23F7O4. The van der Waals surface area contributed by atoms with E-state index in [0.717, 1.165) is 0 Å². The minimum atomic E-state index is -5.96. The Morgan fingerprint density at radius 2 is 1.54 bits per heavy atom. The molecule has 0 aromatic heterocycles. The van der Waals surface area contributed by atoms with Gasteiger partial charge in [0.1, 0.15) is 0 Å². The van der Waals surface area contributed by atoms with E-state index in [1.807, 2.05) is 0 Å². The lowest BCUT2D eigenvalue weighted by Gasteiger charge is -2.33. The summed E-state index contributed by atoms with van der Waals surface area (Å²) in [7, 11) is 0. The molecule has 0 heterocycles. The minimum Gasteiger partial charge on any atom is -0.458 e. The number of rotatable bonds is 6. The lowest BCUT2D eigenvalue weighted by molar-refractivity contribution is -0.269. The van der Waals surface area contributed by atoms with Crippen LogP contribution in [0.3, 0.4) is 0 Å². The molecule has 0 radical (unpaired) electrons. The van der Waals surface area contributed by atoms with E-state index >= 15 is 0 Å². The third-order valence-electron chi connectivity index (χ3n) is 4.63. The van der Waals surface area contributed by atoms with Crippen molar-refractivity contribution in [3.63, 3.8) is 0 Å². The van der Waals surface area contributed by atoms with Crippen LogP contribution in [-0.4, -0.2) is 42.7 Å². The molecule has 1 aliphatic carbocycles. The van der Waals surface area contributed by atoms with Gasteiger partial charge in [-0.3, -0.25) is 4.79 Å². The van der Waals surface area contributed by atoms with Gasteiger partial charge in [0.05, 0.1) is 5.41 Å². The first kappa shape index (κ1) is 24.5. The van der Waals surface area contributed by atoms with Crippen LogP contribution in [0.1, 0.15) is 47.5 Å². The largest absolute Gasteiger partial charge is 0.458 e. The van der Waals surface area contributed by atoms with E-state index < -0.39 is 53.5 Å². The van der Waals surface area contributed by atoms with E-state index in [9.17, 15) is 40.3 Å². The van der Waals surface area contributed by atoms with Crippen LogP contribution in [0.15, 0.2) is 0 Å². The first-order valence-electron chi connectivity index (χ1n) is 8.47. The number of halogens is 7. The number of hydrogen-bond acceptors (Lipinski definition) is 4. The van der Waals surface area contributed by atoms with Gasteiger partial charge in [0.2, 0.25) is 0 Å². The normalized spacial score (nSPS) is 26.2. The van der Waals surface area contributed by atoms with Crippen molar-refractivity contribution in [2.75, 3.05) is 6.61 Å². The number of ether oxygens (including phenoxy) is 2. The Labute approximate surface area is 157 Å². The average Bonchev–Trinajstić information content (AvgIpc) is 3.10. The number of carbonyl (C=O) groups is 2. The van der Waals surface area contributed by atoms with Crippen molar-refractivity contribution in [1.82, 2.24) is 0 Å². The molecule has 28 heavy (non-hydrogen) atoms. The molecule has 164 valence electrons. The summed E-state index contributed by atoms with van der Waals surface area (Å²) in [5, 5.41) is 0. The van der Waals surface area contributed by atoms with Gasteiger partial charge >= 0.3 is 30.0 Å². The first-order valence-corrected chi connectivity index (χ1v) is 8.47. The highest BCUT2D eigenvalue weighted by Gasteiger charge is 2.69. The highest BCUT2D eigenvalue weighted by Crippen LogP contribution is 2.59. The Balaban J connectivity index is 3.04. The molecule has 0 aliphatic heterocycles. The first-order chi connectivity index (χ1) is 12.3. The number of alkyl halides is 7. The molecule has 0 aromatic carbocycles. The third-order valence-corrected chi connectivity index (χ3v) is 4.63. The van der Waals surface area contributed by atoms with E-state index in [2.05, 4.69) is 9.47 Å². The van der Waals surface area contributed by atoms with Gasteiger partial charge in [0, 0.05) is 0 Å². The SMILES string of the molecule is CC1CC1(CC(C)(C)C)C(=O)OC(C)[C@@](F)(C(=O)OCC(F)(F)F)C(F)(F)F. The number of carbonyl (C=O) groups excluding carboxylic acids is 2. The Morgan fingerprint density at radius 3 is 1.86 bits per heavy atom. The summed E-state index contributed by atoms with van der Waals surface area (Å²) < 4.78 is 98.6. The minimum absolute atomic E-state index is 0.233. The summed E-state index contributed by atoms with van der Waals surface area (Å²) in [4.78, 5) is 24.0. The molecule has 0 N–H and O–H groups in total. The van der Waals surface area contributed by atoms with Crippen LogP contribution in [0.2, 0.25) is 0 Å². The lowest BCUT2D eigenvalue weighted by atomic mass is 9.81. The van der Waals surface area contributed by atoms with Gasteiger partial charge < -0.3 is 9.47 Å². The van der Waals surface area contributed by atoms with Crippen LogP contribution in [0.4, 0.5) is 30.7 Å². The average molecular weight is 424 g/mol. The predicted octanol–water partition coefficient (Wildman–Crippen LogP) is 4.76. The van der Waals surface area contributed by atoms with Crippen molar-refractivity contribution >= 4 is 11.9 Å². The van der Waals surface area contributed by atoms with Crippen LogP contribution in [0.25, 0.3) is 0 Å². The molecule has 4 nitrogen and oxygen atoms in total. The van der Waals surface area contributed by atoms with Crippen molar-refractivity contribution < 1.29 is 49.8 Å². The fourth-order valence-electron chi connectivity index (χ4n) is 3.16. The van der Waals surface area contributed by atoms with Crippen LogP contribution >= 0.6 is 0 Å². The molecule has 11 heteroatoms. The fraction of sp³-hybridized carbons (Fsp3) is 0.882. The van der Waals surface area contributed by atoms with Crippen molar-refractivity contribution in [3.05, 3.63) is 0 Å². The molecule has 0 spiro atoms. The molecule has 3 unspecified atom stereocenters. The standard InChI is InChI=1S/C17H23F7O4/c1-9-6-14(9,7-13(3,4)5)11(25)28-10(2)16(21,17(22,23)24)12(26)27-8-15(18,19)20/h9-10H,6-8H2,1-5H3/t9?,10?,14?,16-/m1/s1. The van der Waals surface area contributed by atoms with Crippen LogP contribution < -0.4 is 0 Å². The smallest absolute Gasteiger partial charge is 0.437 e. The summed E-state index contributed by atoms with van der Waals surface area (Å²) in [6.07, 6.45) is -13.3. The highest BCUT2D eigenvalue weighted by atomic mass is 19.4. The van der Waals surface area contributed by atoms with Gasteiger partial charge in [-0.25, -0.2) is 9.18 Å². The highest BCUT2D eigenvalue weighted by molar-refractivity contribution is 5.84. The van der Waals surface area contributed by atoms with Crippen LogP contribution in [-0.2, 0) is 19.1 Å². The van der Waals surface area contributed by atoms with Crippen LogP contribution in [0.5, 0.6) is 0 Å². The zero-order chi connectivity index (χ0) is 22.3. The molecule has 0 bridgehead atoms. The molecule has 1 rings (SSSR count). The van der Waals surface area contributed by atoms with Crippen molar-refractivity contribution in [3.8, 4) is 0 Å². The van der Waals surface area contributed by atoms with E-state index in [1.54, 1.807) is 27.7 Å². The summed E-state index contributed by atoms with van der Waals surface area (Å²) in [6, 6.07) is 0. The van der Waals surface area contributed by atoms with E-state index in [-0.39, 0.29) is 12.3 Å². The molecule has 0 aromatic rings. The second kappa shape index (κ2) is 7.37. The van der Waals surface area contributed by atoms with Gasteiger partial charge in [-0.2, -0.15) is 26.3 Å². The van der Waals surface area contributed by atoms with Gasteiger partial charge in [-0.1, -0.05) is 27.7 Å². The number of esters is 2. The monoisotopic (exact) mass is 424 g/mol. The van der Waals surface area contributed by atoms with Crippen molar-refractivity contribution in [2.45, 2.75) is 71.6 Å². The number of hydrogen-bond donors (Lipinski definition) is 0. The second-order valence-electron chi connectivity index (χ2n) is 8.45. The summed E-state index contributed by atoms with van der Waals surface area (Å²) in [6.45, 7) is 5.10. The molecule has 1 fully saturated rings. The van der Waals surface area contributed by atoms with E-state index in [1.165, 1.54) is 0 Å². The molecule has 1 saturated carbocycles. The maximum atomic E-state index is 14.6. The second-order valence-corrected chi connectivity index (χ2v) is 8.45. The molecule has 4 atom stereocenters. The third kappa shape index (κ3) is 5.28. The van der Waals surface area contributed by atoms with Gasteiger partial charge in [-0.15, -0.1) is 0 Å². The van der Waals surface area contributed by atoms with Gasteiger partial charge in [-0.05, 0) is 31.1 Å². The Bertz CT molecular complexity index is 608. The van der Waals surface area contributed by atoms with E-state index in [0.29, 0.717) is 13.3 Å². The Morgan fingerprint density at radius 1 is 1.07 bits per heavy atom. The van der Waals surface area contributed by atoms with Crippen molar-refractivity contribution in [2.24, 2.45) is 16.7 Å². The summed E-state index contributed by atoms with van der Waals surface area (Å²) in [5.74, 6) is -4.17. The Kier molecular flexibility index (Phi) is 6.44. The molecule has 0 saturated heterocycles. The lowest BCUT2D eigenvalue weighted by Crippen LogP contribution is -2.58. The predicted molar refractivity (Wildman–Crippen MR) is 82.7 cm³/mol. The topological polar surface area (TPSA) is 52.6 Å². The molecular weight excluding hydrogens is 401 g/mol. The quantitative estimate of drug-likeness (QED) is 0.456. The van der Waals surface area contributed by atoms with E-state index in [4.69, 9.17) is 0 Å². The van der Waals surface area contributed by atoms with Gasteiger partial charge in [0.25, 0.3) is 0 Å². The zero-order valence-electron chi connectivity index (χ0n) is 16.1. The Hall–Kier alpha value is -1.55. The fourth-order valence-corrected chi connectivity index (χ4v) is 3.16. The van der Waals surface area contributed by atoms with Gasteiger partial charge in [0.15, 0.2) is 12.7 Å². The molecule has 0 amide bonds. The summed E-state index contributed by atoms with van der Waals surface area (Å²) >= 11 is 0. The summed E-state index contributed by atoms with van der Waals surface area (Å²) in [5.41, 5.74) is -6.46.